The summed E-state index contributed by atoms with van der Waals surface area (Å²) in [5.74, 6) is 0.0256. The molecule has 0 saturated heterocycles. The van der Waals surface area contributed by atoms with Crippen molar-refractivity contribution < 1.29 is 14.3 Å². The van der Waals surface area contributed by atoms with Crippen molar-refractivity contribution in [2.24, 2.45) is 0 Å². The number of pyridine rings is 1. The van der Waals surface area contributed by atoms with Gasteiger partial charge in [-0.15, -0.1) is 0 Å². The van der Waals surface area contributed by atoms with Crippen LogP contribution >= 0.6 is 11.6 Å². The maximum absolute atomic E-state index is 12.5. The van der Waals surface area contributed by atoms with E-state index in [2.05, 4.69) is 4.98 Å². The van der Waals surface area contributed by atoms with Gasteiger partial charge in [-0.2, -0.15) is 0 Å². The number of hydrogen-bond donors (Lipinski definition) is 1. The quantitative estimate of drug-likeness (QED) is 0.824. The molecule has 1 aromatic heterocycles. The highest BCUT2D eigenvalue weighted by molar-refractivity contribution is 6.33. The van der Waals surface area contributed by atoms with Crippen LogP contribution in [0.5, 0.6) is 0 Å². The van der Waals surface area contributed by atoms with Crippen LogP contribution in [0.2, 0.25) is 5.02 Å². The smallest absolute Gasteiger partial charge is 0.255 e. The fourth-order valence-corrected chi connectivity index (χ4v) is 1.94. The maximum Gasteiger partial charge on any atom is 0.255 e. The second-order valence-corrected chi connectivity index (χ2v) is 4.79. The van der Waals surface area contributed by atoms with E-state index < -0.39 is 0 Å². The molecular weight excluding hydrogens is 282 g/mol. The number of ether oxygens (including phenoxy) is 2. The van der Waals surface area contributed by atoms with E-state index in [9.17, 15) is 4.79 Å². The maximum atomic E-state index is 12.5. The minimum atomic E-state index is -0.180. The number of halogens is 1. The van der Waals surface area contributed by atoms with E-state index >= 15 is 0 Å². The zero-order valence-electron chi connectivity index (χ0n) is 11.9. The lowest BCUT2D eigenvalue weighted by Crippen LogP contribution is -2.43. The summed E-state index contributed by atoms with van der Waals surface area (Å²) in [5, 5.41) is 0.266. The number of carbonyl (C=O) groups is 1. The number of methoxy groups -OCH3 is 2. The molecule has 0 fully saturated rings. The zero-order chi connectivity index (χ0) is 15.1. The van der Waals surface area contributed by atoms with E-state index in [1.165, 1.54) is 12.3 Å². The van der Waals surface area contributed by atoms with Crippen LogP contribution in [0.3, 0.4) is 0 Å². The Morgan fingerprint density at radius 3 is 2.75 bits per heavy atom. The second kappa shape index (κ2) is 8.04. The Balaban J connectivity index is 2.93. The van der Waals surface area contributed by atoms with Crippen LogP contribution in [0, 0.1) is 0 Å². The molecule has 1 amide bonds. The van der Waals surface area contributed by atoms with Gasteiger partial charge in [0.15, 0.2) is 0 Å². The molecule has 20 heavy (non-hydrogen) atoms. The van der Waals surface area contributed by atoms with Crippen LogP contribution in [0.25, 0.3) is 0 Å². The number of rotatable bonds is 7. The molecule has 0 aliphatic carbocycles. The molecule has 0 saturated carbocycles. The molecule has 0 aliphatic rings. The first kappa shape index (κ1) is 16.7. The van der Waals surface area contributed by atoms with Gasteiger partial charge in [-0.25, -0.2) is 4.98 Å². The number of amides is 1. The molecule has 112 valence electrons. The topological polar surface area (TPSA) is 77.7 Å². The summed E-state index contributed by atoms with van der Waals surface area (Å²) in [6, 6.07) is 1.44. The van der Waals surface area contributed by atoms with Gasteiger partial charge >= 0.3 is 0 Å². The van der Waals surface area contributed by atoms with Crippen LogP contribution in [0.4, 0.5) is 5.82 Å². The van der Waals surface area contributed by atoms with E-state index in [0.29, 0.717) is 25.3 Å². The summed E-state index contributed by atoms with van der Waals surface area (Å²) in [7, 11) is 3.18. The molecule has 0 aliphatic heterocycles. The number of nitrogens with zero attached hydrogens (tertiary/aromatic N) is 2. The number of nitrogen functional groups attached to an aromatic ring is 1. The number of carbonyl (C=O) groups excluding carboxylic acids is 1. The normalized spacial score (nSPS) is 12.2. The summed E-state index contributed by atoms with van der Waals surface area (Å²) in [6.07, 6.45) is 1.42. The molecular formula is C13H20ClN3O3. The molecule has 1 heterocycles. The Bertz CT molecular complexity index is 456. The first-order chi connectivity index (χ1) is 9.51. The number of anilines is 1. The fraction of sp³-hybridized carbons (Fsp3) is 0.538. The first-order valence-corrected chi connectivity index (χ1v) is 6.59. The van der Waals surface area contributed by atoms with Crippen LogP contribution < -0.4 is 5.73 Å². The van der Waals surface area contributed by atoms with E-state index in [1.807, 2.05) is 6.92 Å². The van der Waals surface area contributed by atoms with Crippen LogP contribution in [-0.4, -0.2) is 55.8 Å². The van der Waals surface area contributed by atoms with Gasteiger partial charge in [-0.1, -0.05) is 11.6 Å². The van der Waals surface area contributed by atoms with Gasteiger partial charge in [0.05, 0.1) is 29.8 Å². The van der Waals surface area contributed by atoms with E-state index in [0.717, 1.165) is 0 Å². The van der Waals surface area contributed by atoms with E-state index in [4.69, 9.17) is 26.8 Å². The Hall–Kier alpha value is -1.37. The summed E-state index contributed by atoms with van der Waals surface area (Å²) < 4.78 is 10.1. The van der Waals surface area contributed by atoms with Gasteiger partial charge in [0.1, 0.15) is 5.82 Å². The summed E-state index contributed by atoms with van der Waals surface area (Å²) in [6.45, 7) is 3.24. The molecule has 1 rings (SSSR count). The lowest BCUT2D eigenvalue weighted by atomic mass is 10.2. The van der Waals surface area contributed by atoms with E-state index in [-0.39, 0.29) is 22.8 Å². The Morgan fingerprint density at radius 2 is 2.20 bits per heavy atom. The SMILES string of the molecule is COCCN(C(=O)c1cnc(N)c(Cl)c1)C(C)COC. The molecule has 0 bridgehead atoms. The van der Waals surface area contributed by atoms with Gasteiger partial charge in [0.2, 0.25) is 0 Å². The van der Waals surface area contributed by atoms with Gasteiger partial charge < -0.3 is 20.1 Å². The second-order valence-electron chi connectivity index (χ2n) is 4.39. The minimum Gasteiger partial charge on any atom is -0.383 e. The molecule has 1 unspecified atom stereocenters. The van der Waals surface area contributed by atoms with Crippen molar-refractivity contribution in [1.82, 2.24) is 9.88 Å². The number of hydrogen-bond acceptors (Lipinski definition) is 5. The number of aromatic nitrogens is 1. The lowest BCUT2D eigenvalue weighted by Gasteiger charge is -2.28. The third-order valence-corrected chi connectivity index (χ3v) is 3.16. The fourth-order valence-electron chi connectivity index (χ4n) is 1.77. The Morgan fingerprint density at radius 1 is 1.50 bits per heavy atom. The average molecular weight is 302 g/mol. The van der Waals surface area contributed by atoms with Crippen molar-refractivity contribution in [2.45, 2.75) is 13.0 Å². The molecule has 0 radical (unpaired) electrons. The molecule has 6 nitrogen and oxygen atoms in total. The third kappa shape index (κ3) is 4.33. The molecule has 2 N–H and O–H groups in total. The summed E-state index contributed by atoms with van der Waals surface area (Å²) in [5.41, 5.74) is 5.94. The summed E-state index contributed by atoms with van der Waals surface area (Å²) in [4.78, 5) is 18.1. The van der Waals surface area contributed by atoms with Crippen LogP contribution in [0.1, 0.15) is 17.3 Å². The molecule has 0 aromatic carbocycles. The molecule has 7 heteroatoms. The predicted octanol–water partition coefficient (Wildman–Crippen LogP) is 1.44. The highest BCUT2D eigenvalue weighted by atomic mass is 35.5. The lowest BCUT2D eigenvalue weighted by molar-refractivity contribution is 0.0479. The molecule has 1 aromatic rings. The largest absolute Gasteiger partial charge is 0.383 e. The van der Waals surface area contributed by atoms with Crippen LogP contribution in [-0.2, 0) is 9.47 Å². The van der Waals surface area contributed by atoms with Crippen molar-refractivity contribution in [2.75, 3.05) is 39.7 Å². The molecule has 0 spiro atoms. The van der Waals surface area contributed by atoms with Crippen molar-refractivity contribution >= 4 is 23.3 Å². The average Bonchev–Trinajstić information content (AvgIpc) is 2.42. The van der Waals surface area contributed by atoms with Crippen molar-refractivity contribution in [3.05, 3.63) is 22.8 Å². The van der Waals surface area contributed by atoms with Gasteiger partial charge in [0.25, 0.3) is 5.91 Å². The predicted molar refractivity (Wildman–Crippen MR) is 77.9 cm³/mol. The van der Waals surface area contributed by atoms with Crippen molar-refractivity contribution in [3.8, 4) is 0 Å². The van der Waals surface area contributed by atoms with Crippen LogP contribution in [0.15, 0.2) is 12.3 Å². The minimum absolute atomic E-state index is 0.0843. The first-order valence-electron chi connectivity index (χ1n) is 6.21. The van der Waals surface area contributed by atoms with Gasteiger partial charge in [0, 0.05) is 27.0 Å². The highest BCUT2D eigenvalue weighted by Crippen LogP contribution is 2.18. The number of nitrogens with two attached hydrogens (primary N) is 1. The zero-order valence-corrected chi connectivity index (χ0v) is 12.7. The summed E-state index contributed by atoms with van der Waals surface area (Å²) >= 11 is 5.90. The van der Waals surface area contributed by atoms with E-state index in [1.54, 1.807) is 19.1 Å². The van der Waals surface area contributed by atoms with Gasteiger partial charge in [-0.3, -0.25) is 4.79 Å². The molecule has 1 atom stereocenters. The standard InChI is InChI=1S/C13H20ClN3O3/c1-9(8-20-3)17(4-5-19-2)13(18)10-6-11(14)12(15)16-7-10/h6-7,9H,4-5,8H2,1-3H3,(H2,15,16). The Kier molecular flexibility index (Phi) is 6.70. The highest BCUT2D eigenvalue weighted by Gasteiger charge is 2.22. The Labute approximate surface area is 123 Å². The monoisotopic (exact) mass is 301 g/mol. The van der Waals surface area contributed by atoms with Crippen molar-refractivity contribution in [1.29, 1.82) is 0 Å². The van der Waals surface area contributed by atoms with Gasteiger partial charge in [-0.05, 0) is 13.0 Å². The van der Waals surface area contributed by atoms with Crippen molar-refractivity contribution in [3.63, 3.8) is 0 Å². The third-order valence-electron chi connectivity index (χ3n) is 2.85.